The average Bonchev–Trinajstić information content (AvgIpc) is 2.28. The highest BCUT2D eigenvalue weighted by atomic mass is 16.5. The molecule has 0 aliphatic carbocycles. The summed E-state index contributed by atoms with van der Waals surface area (Å²) < 4.78 is 10.8. The van der Waals surface area contributed by atoms with Gasteiger partial charge in [0.1, 0.15) is 0 Å². The van der Waals surface area contributed by atoms with Gasteiger partial charge in [0.2, 0.25) is 0 Å². The Balaban J connectivity index is 3.38. The number of aliphatic hydroxyl groups is 1. The van der Waals surface area contributed by atoms with E-state index in [1.165, 1.54) is 0 Å². The summed E-state index contributed by atoms with van der Waals surface area (Å²) in [5, 5.41) is 9.96. The third-order valence-corrected chi connectivity index (χ3v) is 2.71. The summed E-state index contributed by atoms with van der Waals surface area (Å²) in [5.41, 5.74) is -0.904. The lowest BCUT2D eigenvalue weighted by Crippen LogP contribution is -2.28. The molecule has 0 rings (SSSR count). The maximum atomic E-state index is 9.96. The zero-order valence-electron chi connectivity index (χ0n) is 11.5. The van der Waals surface area contributed by atoms with Gasteiger partial charge in [-0.2, -0.15) is 0 Å². The predicted octanol–water partition coefficient (Wildman–Crippen LogP) is 2.97. The van der Waals surface area contributed by atoms with Gasteiger partial charge in [-0.3, -0.25) is 0 Å². The van der Waals surface area contributed by atoms with Crippen molar-refractivity contribution in [2.24, 2.45) is 0 Å². The van der Waals surface area contributed by atoms with E-state index in [0.717, 1.165) is 38.9 Å². The summed E-state index contributed by atoms with van der Waals surface area (Å²) in [4.78, 5) is 0. The van der Waals surface area contributed by atoms with Gasteiger partial charge in [-0.1, -0.05) is 26.7 Å². The Bertz CT molecular complexity index is 142. The van der Waals surface area contributed by atoms with Crippen LogP contribution in [0.5, 0.6) is 0 Å². The number of unbranched alkanes of at least 4 members (excludes halogenated alkanes) is 2. The van der Waals surface area contributed by atoms with Crippen LogP contribution in [0.2, 0.25) is 0 Å². The lowest BCUT2D eigenvalue weighted by Gasteiger charge is -2.22. The minimum atomic E-state index is -0.904. The average molecular weight is 245 g/mol. The van der Waals surface area contributed by atoms with Crippen LogP contribution >= 0.6 is 0 Å². The molecule has 0 aromatic carbocycles. The molecule has 0 unspecified atom stereocenters. The van der Waals surface area contributed by atoms with Crippen molar-refractivity contribution in [2.75, 3.05) is 26.4 Å². The maximum Gasteiger partial charge on any atom is 0.0692 e. The van der Waals surface area contributed by atoms with E-state index in [9.17, 15) is 5.11 Å². The molecular weight excluding hydrogens is 216 g/mol. The van der Waals surface area contributed by atoms with Crippen LogP contribution in [0.25, 0.3) is 0 Å². The molecule has 0 heterocycles. The highest BCUT2D eigenvalue weighted by Gasteiger charge is 2.19. The highest BCUT2D eigenvalue weighted by Crippen LogP contribution is 2.14. The Kier molecular flexibility index (Phi) is 10.9. The first-order valence-electron chi connectivity index (χ1n) is 6.85. The van der Waals surface area contributed by atoms with Gasteiger partial charge in [-0.25, -0.2) is 0 Å². The van der Waals surface area contributed by atoms with Gasteiger partial charge >= 0.3 is 0 Å². The van der Waals surface area contributed by atoms with Crippen LogP contribution in [0.4, 0.5) is 0 Å². The van der Waals surface area contributed by atoms with Crippen molar-refractivity contribution in [1.82, 2.24) is 0 Å². The largest absolute Gasteiger partial charge is 0.390 e. The molecule has 0 aliphatic heterocycles. The second-order valence-corrected chi connectivity index (χ2v) is 4.66. The molecule has 0 fully saturated rings. The van der Waals surface area contributed by atoms with Gasteiger partial charge in [0.15, 0.2) is 0 Å². The lowest BCUT2D eigenvalue weighted by atomic mass is 9.99. The molecule has 0 atom stereocenters. The monoisotopic (exact) mass is 245 g/mol. The fourth-order valence-corrected chi connectivity index (χ4v) is 1.35. The van der Waals surface area contributed by atoms with E-state index in [0.29, 0.717) is 26.1 Å². The van der Waals surface area contributed by atoms with Crippen molar-refractivity contribution in [1.29, 1.82) is 0 Å². The van der Waals surface area contributed by atoms with E-state index in [1.807, 2.05) is 0 Å². The van der Waals surface area contributed by atoms with Crippen molar-refractivity contribution in [3.05, 3.63) is 6.92 Å². The van der Waals surface area contributed by atoms with E-state index in [-0.39, 0.29) is 0 Å². The summed E-state index contributed by atoms with van der Waals surface area (Å²) in [6, 6.07) is 0. The first kappa shape index (κ1) is 16.9. The van der Waals surface area contributed by atoms with Gasteiger partial charge < -0.3 is 14.6 Å². The second kappa shape index (κ2) is 11.0. The molecule has 0 amide bonds. The van der Waals surface area contributed by atoms with Crippen LogP contribution in [-0.2, 0) is 9.47 Å². The minimum absolute atomic E-state index is 0.577. The fourth-order valence-electron chi connectivity index (χ4n) is 1.35. The van der Waals surface area contributed by atoms with Crippen molar-refractivity contribution >= 4 is 0 Å². The van der Waals surface area contributed by atoms with E-state index in [1.54, 1.807) is 0 Å². The third kappa shape index (κ3) is 12.1. The smallest absolute Gasteiger partial charge is 0.0692 e. The molecular formula is C14H29O3. The summed E-state index contributed by atoms with van der Waals surface area (Å²) >= 11 is 0. The molecule has 17 heavy (non-hydrogen) atoms. The fraction of sp³-hybridized carbons (Fsp3) is 0.929. The van der Waals surface area contributed by atoms with Crippen molar-refractivity contribution < 1.29 is 14.6 Å². The molecule has 0 spiro atoms. The lowest BCUT2D eigenvalue weighted by molar-refractivity contribution is 0.00315. The van der Waals surface area contributed by atoms with Crippen molar-refractivity contribution in [3.8, 4) is 0 Å². The Morgan fingerprint density at radius 3 is 1.65 bits per heavy atom. The van der Waals surface area contributed by atoms with Crippen LogP contribution < -0.4 is 0 Å². The Morgan fingerprint density at radius 2 is 1.29 bits per heavy atom. The van der Waals surface area contributed by atoms with Gasteiger partial charge in [-0.05, 0) is 32.6 Å². The van der Waals surface area contributed by atoms with Crippen LogP contribution in [-0.4, -0.2) is 37.1 Å². The van der Waals surface area contributed by atoms with Crippen molar-refractivity contribution in [2.45, 2.75) is 58.0 Å². The summed E-state index contributed by atoms with van der Waals surface area (Å²) in [7, 11) is 0. The quantitative estimate of drug-likeness (QED) is 0.537. The molecule has 1 N–H and O–H groups in total. The van der Waals surface area contributed by atoms with Gasteiger partial charge in [0.05, 0.1) is 5.60 Å². The molecule has 0 saturated heterocycles. The van der Waals surface area contributed by atoms with Crippen LogP contribution in [0.1, 0.15) is 52.4 Å². The molecule has 3 heteroatoms. The molecule has 0 saturated carbocycles. The van der Waals surface area contributed by atoms with Crippen LogP contribution in [0.15, 0.2) is 0 Å². The Hall–Kier alpha value is -0.120. The standard InChI is InChI=1S/C14H29O3/c1-4-6-10-16-12-8-14(3,15)9-13-17-11-7-5-2/h15H,3-13H2,1-2H3. The number of hydrogen-bond donors (Lipinski definition) is 1. The van der Waals surface area contributed by atoms with Crippen LogP contribution in [0, 0.1) is 6.92 Å². The van der Waals surface area contributed by atoms with Gasteiger partial charge in [0.25, 0.3) is 0 Å². The van der Waals surface area contributed by atoms with Gasteiger partial charge in [0, 0.05) is 26.4 Å². The maximum absolute atomic E-state index is 9.96. The predicted molar refractivity (Wildman–Crippen MR) is 71.0 cm³/mol. The highest BCUT2D eigenvalue weighted by molar-refractivity contribution is 4.80. The van der Waals surface area contributed by atoms with E-state index >= 15 is 0 Å². The molecule has 103 valence electrons. The summed E-state index contributed by atoms with van der Waals surface area (Å²) in [6.07, 6.45) is 5.59. The van der Waals surface area contributed by atoms with E-state index in [2.05, 4.69) is 20.8 Å². The molecule has 0 aromatic rings. The topological polar surface area (TPSA) is 38.7 Å². The molecule has 0 aliphatic rings. The van der Waals surface area contributed by atoms with Gasteiger partial charge in [-0.15, -0.1) is 0 Å². The zero-order valence-corrected chi connectivity index (χ0v) is 11.5. The van der Waals surface area contributed by atoms with E-state index in [4.69, 9.17) is 9.47 Å². The Morgan fingerprint density at radius 1 is 0.882 bits per heavy atom. The van der Waals surface area contributed by atoms with Crippen LogP contribution in [0.3, 0.4) is 0 Å². The van der Waals surface area contributed by atoms with E-state index < -0.39 is 5.60 Å². The minimum Gasteiger partial charge on any atom is -0.390 e. The zero-order chi connectivity index (χ0) is 13.0. The SMILES string of the molecule is [CH2]C(O)(CCOCCCC)CCOCCCC. The second-order valence-electron chi connectivity index (χ2n) is 4.66. The first-order chi connectivity index (χ1) is 8.12. The summed E-state index contributed by atoms with van der Waals surface area (Å²) in [6.45, 7) is 10.8. The van der Waals surface area contributed by atoms with Crippen molar-refractivity contribution in [3.63, 3.8) is 0 Å². The third-order valence-electron chi connectivity index (χ3n) is 2.71. The number of hydrogen-bond acceptors (Lipinski definition) is 3. The summed E-state index contributed by atoms with van der Waals surface area (Å²) in [5.74, 6) is 0. The molecule has 0 aromatic heterocycles. The number of rotatable bonds is 12. The molecule has 3 nitrogen and oxygen atoms in total. The number of ether oxygens (including phenoxy) is 2. The normalized spacial score (nSPS) is 12.0. The first-order valence-corrected chi connectivity index (χ1v) is 6.85. The Labute approximate surface area is 107 Å². The molecule has 1 radical (unpaired) electrons. The molecule has 0 bridgehead atoms.